The van der Waals surface area contributed by atoms with Gasteiger partial charge in [-0.05, 0) is 79.5 Å². The van der Waals surface area contributed by atoms with Crippen molar-refractivity contribution in [2.75, 3.05) is 0 Å². The van der Waals surface area contributed by atoms with Crippen LogP contribution in [0.3, 0.4) is 0 Å². The second kappa shape index (κ2) is 6.96. The van der Waals surface area contributed by atoms with Crippen molar-refractivity contribution in [2.24, 2.45) is 5.92 Å². The molecule has 3 nitrogen and oxygen atoms in total. The molecular weight excluding hydrogens is 358 g/mol. The molecule has 2 fully saturated rings. The molecule has 0 radical (unpaired) electrons. The number of hydrogen-bond acceptors (Lipinski definition) is 2. The van der Waals surface area contributed by atoms with Crippen molar-refractivity contribution in [2.45, 2.75) is 56.5 Å². The highest BCUT2D eigenvalue weighted by atomic mass is 19.2. The fourth-order valence-electron chi connectivity index (χ4n) is 4.89. The number of benzene rings is 1. The van der Waals surface area contributed by atoms with Gasteiger partial charge in [0.05, 0.1) is 29.8 Å². The molecule has 0 aliphatic heterocycles. The lowest BCUT2D eigenvalue weighted by atomic mass is 9.75. The summed E-state index contributed by atoms with van der Waals surface area (Å²) >= 11 is 0. The largest absolute Gasteiger partial charge is 0.387 e. The maximum Gasteiger partial charge on any atom is 0.162 e. The van der Waals surface area contributed by atoms with E-state index in [-0.39, 0.29) is 11.8 Å². The van der Waals surface area contributed by atoms with Crippen LogP contribution in [0.15, 0.2) is 42.9 Å². The molecule has 5 rings (SSSR count). The van der Waals surface area contributed by atoms with E-state index in [4.69, 9.17) is 0 Å². The number of fused-ring (bicyclic) bond motifs is 1. The monoisotopic (exact) mass is 382 g/mol. The Hall–Kier alpha value is -2.27. The highest BCUT2D eigenvalue weighted by Gasteiger charge is 2.35. The molecule has 1 aromatic carbocycles. The summed E-state index contributed by atoms with van der Waals surface area (Å²) in [4.78, 5) is 4.25. The number of hydrogen-bond donors (Lipinski definition) is 1. The van der Waals surface area contributed by atoms with Crippen LogP contribution >= 0.6 is 0 Å². The van der Waals surface area contributed by atoms with E-state index in [1.165, 1.54) is 24.5 Å². The molecule has 5 heteroatoms. The zero-order valence-corrected chi connectivity index (χ0v) is 15.7. The highest BCUT2D eigenvalue weighted by Crippen LogP contribution is 2.47. The molecule has 3 aromatic rings. The van der Waals surface area contributed by atoms with Gasteiger partial charge in [-0.25, -0.2) is 13.8 Å². The Morgan fingerprint density at radius 3 is 2.39 bits per heavy atom. The maximum atomic E-state index is 14.2. The molecule has 2 aliphatic carbocycles. The van der Waals surface area contributed by atoms with Gasteiger partial charge in [-0.15, -0.1) is 0 Å². The third kappa shape index (κ3) is 3.02. The molecule has 2 aliphatic rings. The average molecular weight is 382 g/mol. The summed E-state index contributed by atoms with van der Waals surface area (Å²) in [5.74, 6) is -0.815. The Labute approximate surface area is 163 Å². The lowest BCUT2D eigenvalue weighted by Gasteiger charge is -2.33. The fourth-order valence-corrected chi connectivity index (χ4v) is 4.89. The fraction of sp³-hybridized carbons (Fsp3) is 0.435. The third-order valence-electron chi connectivity index (χ3n) is 6.59. The van der Waals surface area contributed by atoms with E-state index in [1.807, 2.05) is 10.6 Å². The van der Waals surface area contributed by atoms with Crippen molar-refractivity contribution in [1.82, 2.24) is 9.38 Å². The minimum absolute atomic E-state index is 0.0195. The van der Waals surface area contributed by atoms with Crippen LogP contribution in [0.1, 0.15) is 73.3 Å². The topological polar surface area (TPSA) is 37.5 Å². The zero-order chi connectivity index (χ0) is 19.3. The second-order valence-corrected chi connectivity index (χ2v) is 8.34. The first-order valence-corrected chi connectivity index (χ1v) is 10.2. The molecule has 0 saturated heterocycles. The maximum absolute atomic E-state index is 14.2. The molecule has 0 spiro atoms. The Morgan fingerprint density at radius 1 is 0.929 bits per heavy atom. The van der Waals surface area contributed by atoms with Crippen molar-refractivity contribution in [3.8, 4) is 0 Å². The van der Waals surface area contributed by atoms with Crippen molar-refractivity contribution < 1.29 is 13.9 Å². The number of aliphatic hydroxyl groups is 1. The van der Waals surface area contributed by atoms with Crippen molar-refractivity contribution in [3.63, 3.8) is 0 Å². The first kappa shape index (κ1) is 17.8. The van der Waals surface area contributed by atoms with Crippen molar-refractivity contribution in [3.05, 3.63) is 71.3 Å². The summed E-state index contributed by atoms with van der Waals surface area (Å²) in [5, 5.41) is 11.3. The summed E-state index contributed by atoms with van der Waals surface area (Å²) < 4.78 is 29.8. The minimum Gasteiger partial charge on any atom is -0.387 e. The van der Waals surface area contributed by atoms with Gasteiger partial charge in [-0.3, -0.25) is 0 Å². The lowest BCUT2D eigenvalue weighted by molar-refractivity contribution is 0.0751. The quantitative estimate of drug-likeness (QED) is 0.647. The molecule has 0 unspecified atom stereocenters. The summed E-state index contributed by atoms with van der Waals surface area (Å²) in [7, 11) is 0. The number of aliphatic hydroxyl groups excluding tert-OH is 1. The zero-order valence-electron chi connectivity index (χ0n) is 15.7. The number of nitrogens with zero attached hydrogens (tertiary/aromatic N) is 2. The van der Waals surface area contributed by atoms with Crippen LogP contribution in [0.4, 0.5) is 8.78 Å². The van der Waals surface area contributed by atoms with E-state index in [2.05, 4.69) is 17.1 Å². The second-order valence-electron chi connectivity index (χ2n) is 8.34. The molecular formula is C23H24F2N2O. The van der Waals surface area contributed by atoms with Crippen molar-refractivity contribution >= 4 is 5.52 Å². The van der Waals surface area contributed by atoms with Crippen LogP contribution in [0, 0.1) is 17.6 Å². The molecule has 2 heterocycles. The highest BCUT2D eigenvalue weighted by molar-refractivity contribution is 5.50. The number of imidazole rings is 1. The number of pyridine rings is 1. The van der Waals surface area contributed by atoms with E-state index < -0.39 is 17.7 Å². The van der Waals surface area contributed by atoms with Crippen LogP contribution in [0.25, 0.3) is 5.52 Å². The Balaban J connectivity index is 1.39. The molecule has 0 amide bonds. The van der Waals surface area contributed by atoms with Crippen LogP contribution in [0.2, 0.25) is 0 Å². The van der Waals surface area contributed by atoms with Gasteiger partial charge in [0.15, 0.2) is 11.6 Å². The molecule has 28 heavy (non-hydrogen) atoms. The van der Waals surface area contributed by atoms with Gasteiger partial charge < -0.3 is 9.51 Å². The van der Waals surface area contributed by atoms with Gasteiger partial charge in [0, 0.05) is 0 Å². The van der Waals surface area contributed by atoms with Crippen LogP contribution in [0.5, 0.6) is 0 Å². The standard InChI is InChI=1S/C23H24F2N2O/c24-20-3-1-2-18(21(20)25)14-6-8-16(9-7-14)23(28)22-19(15-4-5-15)11-10-17-12-26-13-27(17)22/h1-3,10-16,23,28H,4-9H2/t14-,16-,23-/m0/s1. The van der Waals surface area contributed by atoms with Crippen LogP contribution < -0.4 is 0 Å². The van der Waals surface area contributed by atoms with E-state index in [1.54, 1.807) is 18.5 Å². The van der Waals surface area contributed by atoms with Gasteiger partial charge in [-0.1, -0.05) is 18.2 Å². The Bertz CT molecular complexity index is 1000. The van der Waals surface area contributed by atoms with Gasteiger partial charge >= 0.3 is 0 Å². The van der Waals surface area contributed by atoms with Gasteiger partial charge in [0.25, 0.3) is 0 Å². The third-order valence-corrected chi connectivity index (χ3v) is 6.59. The summed E-state index contributed by atoms with van der Waals surface area (Å²) in [6.45, 7) is 0. The molecule has 146 valence electrons. The summed E-state index contributed by atoms with van der Waals surface area (Å²) in [6, 6.07) is 8.65. The van der Waals surface area contributed by atoms with E-state index in [0.717, 1.165) is 36.9 Å². The molecule has 1 N–H and O–H groups in total. The van der Waals surface area contributed by atoms with E-state index >= 15 is 0 Å². The predicted octanol–water partition coefficient (Wildman–Crippen LogP) is 5.50. The van der Waals surface area contributed by atoms with Crippen LogP contribution in [-0.4, -0.2) is 14.5 Å². The number of halogens is 2. The number of aromatic nitrogens is 2. The number of rotatable bonds is 4. The Morgan fingerprint density at radius 2 is 1.64 bits per heavy atom. The molecule has 1 atom stereocenters. The smallest absolute Gasteiger partial charge is 0.162 e. The van der Waals surface area contributed by atoms with Gasteiger partial charge in [-0.2, -0.15) is 0 Å². The normalized spacial score (nSPS) is 23.8. The molecule has 2 saturated carbocycles. The lowest BCUT2D eigenvalue weighted by Crippen LogP contribution is -2.23. The summed E-state index contributed by atoms with van der Waals surface area (Å²) in [6.07, 6.45) is 8.52. The minimum atomic E-state index is -0.777. The predicted molar refractivity (Wildman–Crippen MR) is 103 cm³/mol. The molecule has 0 bridgehead atoms. The van der Waals surface area contributed by atoms with E-state index in [9.17, 15) is 13.9 Å². The average Bonchev–Trinajstić information content (AvgIpc) is 3.45. The summed E-state index contributed by atoms with van der Waals surface area (Å²) in [5.41, 5.74) is 3.67. The molecule has 2 aromatic heterocycles. The van der Waals surface area contributed by atoms with Crippen molar-refractivity contribution in [1.29, 1.82) is 0 Å². The van der Waals surface area contributed by atoms with Gasteiger partial charge in [0.1, 0.15) is 0 Å². The first-order valence-electron chi connectivity index (χ1n) is 10.2. The van der Waals surface area contributed by atoms with Gasteiger partial charge in [0.2, 0.25) is 0 Å². The SMILES string of the molecule is O[C@H](c1c(C2CC2)ccc2cncn12)[C@H]1CC[C@H](c2cccc(F)c2F)CC1. The van der Waals surface area contributed by atoms with Crippen LogP contribution in [-0.2, 0) is 0 Å². The van der Waals surface area contributed by atoms with E-state index in [0.29, 0.717) is 11.5 Å². The first-order chi connectivity index (χ1) is 13.6. The Kier molecular flexibility index (Phi) is 4.43.